The zero-order chi connectivity index (χ0) is 29.5. The lowest BCUT2D eigenvalue weighted by Crippen LogP contribution is -2.33. The third-order valence-electron chi connectivity index (χ3n) is 6.28. The average Bonchev–Trinajstić information content (AvgIpc) is 3.36. The van der Waals surface area contributed by atoms with Gasteiger partial charge in [-0.2, -0.15) is 10.1 Å². The van der Waals surface area contributed by atoms with Crippen LogP contribution in [0.2, 0.25) is 0 Å². The van der Waals surface area contributed by atoms with E-state index in [1.54, 1.807) is 36.4 Å². The summed E-state index contributed by atoms with van der Waals surface area (Å²) in [6.45, 7) is 1.52. The fraction of sp³-hybridized carbons (Fsp3) is 0.0938. The highest BCUT2D eigenvalue weighted by Crippen LogP contribution is 2.36. The number of benzene rings is 4. The van der Waals surface area contributed by atoms with E-state index in [2.05, 4.69) is 21.1 Å². The first kappa shape index (κ1) is 28.7. The number of hydrazone groups is 1. The van der Waals surface area contributed by atoms with E-state index in [0.717, 1.165) is 21.8 Å². The molecule has 4 aromatic carbocycles. The van der Waals surface area contributed by atoms with Gasteiger partial charge >= 0.3 is 0 Å². The standard InChI is InChI=1S/C32H27N5O3S2/c1-21(38)22-15-17-24(18-16-22)33-32(41)34-25-11-8-14-27(19-25)42-30(23-9-4-2-5-10-23)31(40)35-28-20-29(39)37(36-28)26-12-6-3-7-13-26/h2-19,30H,20H2,1H3,(H2,33,34,41)(H,35,36,40). The van der Waals surface area contributed by atoms with Gasteiger partial charge in [0.25, 0.3) is 5.91 Å². The molecule has 3 N–H and O–H groups in total. The van der Waals surface area contributed by atoms with Crippen LogP contribution in [0.1, 0.15) is 34.5 Å². The van der Waals surface area contributed by atoms with Crippen LogP contribution in [-0.4, -0.2) is 28.5 Å². The quantitative estimate of drug-likeness (QED) is 0.123. The van der Waals surface area contributed by atoms with E-state index in [0.29, 0.717) is 22.2 Å². The average molecular weight is 594 g/mol. The lowest BCUT2D eigenvalue weighted by atomic mass is 10.1. The Balaban J connectivity index is 1.28. The van der Waals surface area contributed by atoms with Gasteiger partial charge in [-0.05, 0) is 79.3 Å². The van der Waals surface area contributed by atoms with Crippen molar-refractivity contribution in [2.24, 2.45) is 5.10 Å². The van der Waals surface area contributed by atoms with Gasteiger partial charge in [-0.15, -0.1) is 11.8 Å². The predicted octanol–water partition coefficient (Wildman–Crippen LogP) is 6.40. The maximum absolute atomic E-state index is 13.6. The first-order valence-electron chi connectivity index (χ1n) is 13.1. The van der Waals surface area contributed by atoms with Gasteiger partial charge in [0.1, 0.15) is 11.1 Å². The SMILES string of the molecule is CC(=O)c1ccc(NC(=S)Nc2cccc(SC(C(=O)NC3=NN(c4ccccc4)C(=O)C3)c3ccccc3)c2)cc1. The number of carbonyl (C=O) groups excluding carboxylic acids is 3. The van der Waals surface area contributed by atoms with E-state index in [1.165, 1.54) is 23.7 Å². The van der Waals surface area contributed by atoms with Crippen molar-refractivity contribution in [1.29, 1.82) is 0 Å². The third kappa shape index (κ3) is 7.28. The van der Waals surface area contributed by atoms with Crippen LogP contribution in [0.15, 0.2) is 119 Å². The second kappa shape index (κ2) is 13.2. The number of thiocarbonyl (C=S) groups is 1. The molecule has 10 heteroatoms. The number of anilines is 3. The zero-order valence-electron chi connectivity index (χ0n) is 22.6. The summed E-state index contributed by atoms with van der Waals surface area (Å²) in [5, 5.41) is 14.6. The number of amidine groups is 1. The van der Waals surface area contributed by atoms with Crippen LogP contribution in [-0.2, 0) is 9.59 Å². The van der Waals surface area contributed by atoms with Crippen molar-refractivity contribution in [3.8, 4) is 0 Å². The Labute approximate surface area is 253 Å². The van der Waals surface area contributed by atoms with Gasteiger partial charge in [0.2, 0.25) is 5.91 Å². The molecule has 1 atom stereocenters. The van der Waals surface area contributed by atoms with Crippen LogP contribution in [0.3, 0.4) is 0 Å². The molecule has 5 rings (SSSR count). The fourth-order valence-electron chi connectivity index (χ4n) is 4.24. The molecule has 0 saturated heterocycles. The Morgan fingerprint density at radius 2 is 1.50 bits per heavy atom. The Morgan fingerprint density at radius 3 is 2.19 bits per heavy atom. The molecule has 0 spiro atoms. The number of rotatable bonds is 8. The summed E-state index contributed by atoms with van der Waals surface area (Å²) >= 11 is 6.86. The molecule has 1 heterocycles. The summed E-state index contributed by atoms with van der Waals surface area (Å²) in [4.78, 5) is 38.5. The molecule has 1 aliphatic rings. The van der Waals surface area contributed by atoms with Crippen LogP contribution < -0.4 is 21.0 Å². The molecule has 0 saturated carbocycles. The zero-order valence-corrected chi connectivity index (χ0v) is 24.2. The molecule has 210 valence electrons. The topological polar surface area (TPSA) is 103 Å². The number of Topliss-reactive ketones (excluding diaryl/α,β-unsaturated/α-hetero) is 1. The van der Waals surface area contributed by atoms with Gasteiger partial charge in [-0.3, -0.25) is 14.4 Å². The van der Waals surface area contributed by atoms with Crippen LogP contribution in [0.5, 0.6) is 0 Å². The molecule has 0 bridgehead atoms. The van der Waals surface area contributed by atoms with Gasteiger partial charge in [-0.25, -0.2) is 0 Å². The summed E-state index contributed by atoms with van der Waals surface area (Å²) in [7, 11) is 0. The molecule has 0 aromatic heterocycles. The summed E-state index contributed by atoms with van der Waals surface area (Å²) < 4.78 is 0. The maximum atomic E-state index is 13.6. The Kier molecular flexibility index (Phi) is 9.05. The summed E-state index contributed by atoms with van der Waals surface area (Å²) in [6, 6.07) is 33.2. The summed E-state index contributed by atoms with van der Waals surface area (Å²) in [5.74, 6) is -0.188. The van der Waals surface area contributed by atoms with E-state index in [9.17, 15) is 14.4 Å². The highest BCUT2D eigenvalue weighted by atomic mass is 32.2. The van der Waals surface area contributed by atoms with Crippen molar-refractivity contribution in [3.05, 3.63) is 120 Å². The number of ketones is 1. The Hall–Kier alpha value is -4.80. The number of para-hydroxylation sites is 1. The predicted molar refractivity (Wildman–Crippen MR) is 172 cm³/mol. The van der Waals surface area contributed by atoms with Crippen molar-refractivity contribution in [2.75, 3.05) is 15.6 Å². The van der Waals surface area contributed by atoms with E-state index in [-0.39, 0.29) is 24.0 Å². The van der Waals surface area contributed by atoms with Crippen LogP contribution in [0.25, 0.3) is 0 Å². The number of hydrogen-bond acceptors (Lipinski definition) is 6. The van der Waals surface area contributed by atoms with Crippen molar-refractivity contribution < 1.29 is 14.4 Å². The Bertz CT molecular complexity index is 1640. The fourth-order valence-corrected chi connectivity index (χ4v) is 5.56. The molecule has 8 nitrogen and oxygen atoms in total. The van der Waals surface area contributed by atoms with Crippen LogP contribution in [0.4, 0.5) is 17.1 Å². The van der Waals surface area contributed by atoms with Crippen molar-refractivity contribution in [3.63, 3.8) is 0 Å². The van der Waals surface area contributed by atoms with Gasteiger partial charge in [0, 0.05) is 21.8 Å². The van der Waals surface area contributed by atoms with Crippen molar-refractivity contribution >= 4 is 69.6 Å². The van der Waals surface area contributed by atoms with E-state index in [4.69, 9.17) is 12.2 Å². The smallest absolute Gasteiger partial charge is 0.255 e. The monoisotopic (exact) mass is 593 g/mol. The van der Waals surface area contributed by atoms with E-state index < -0.39 is 5.25 Å². The summed E-state index contributed by atoms with van der Waals surface area (Å²) in [5.41, 5.74) is 3.58. The maximum Gasteiger partial charge on any atom is 0.255 e. The van der Waals surface area contributed by atoms with Gasteiger partial charge in [0.15, 0.2) is 10.9 Å². The number of nitrogens with one attached hydrogen (secondary N) is 3. The molecular formula is C32H27N5O3S2. The van der Waals surface area contributed by atoms with Crippen LogP contribution >= 0.6 is 24.0 Å². The molecule has 4 aromatic rings. The van der Waals surface area contributed by atoms with Gasteiger partial charge < -0.3 is 16.0 Å². The highest BCUT2D eigenvalue weighted by molar-refractivity contribution is 8.00. The molecule has 1 aliphatic heterocycles. The van der Waals surface area contributed by atoms with Gasteiger partial charge in [-0.1, -0.05) is 54.6 Å². The second-order valence-electron chi connectivity index (χ2n) is 9.40. The van der Waals surface area contributed by atoms with E-state index >= 15 is 0 Å². The van der Waals surface area contributed by atoms with Gasteiger partial charge in [0.05, 0.1) is 12.1 Å². The minimum atomic E-state index is -0.602. The number of amides is 2. The first-order valence-corrected chi connectivity index (χ1v) is 14.4. The van der Waals surface area contributed by atoms with E-state index in [1.807, 2.05) is 72.8 Å². The normalized spacial score (nSPS) is 13.2. The lowest BCUT2D eigenvalue weighted by Gasteiger charge is -2.18. The Morgan fingerprint density at radius 1 is 0.833 bits per heavy atom. The molecule has 0 fully saturated rings. The van der Waals surface area contributed by atoms with Crippen molar-refractivity contribution in [1.82, 2.24) is 5.32 Å². The first-order chi connectivity index (χ1) is 20.4. The minimum Gasteiger partial charge on any atom is -0.332 e. The number of thioether (sulfide) groups is 1. The second-order valence-corrected chi connectivity index (χ2v) is 11.0. The molecular weight excluding hydrogens is 567 g/mol. The van der Waals surface area contributed by atoms with Crippen molar-refractivity contribution in [2.45, 2.75) is 23.5 Å². The molecule has 1 unspecified atom stereocenters. The highest BCUT2D eigenvalue weighted by Gasteiger charge is 2.29. The lowest BCUT2D eigenvalue weighted by molar-refractivity contribution is -0.119. The summed E-state index contributed by atoms with van der Waals surface area (Å²) in [6.07, 6.45) is 0.00807. The molecule has 42 heavy (non-hydrogen) atoms. The number of nitrogens with zero attached hydrogens (tertiary/aromatic N) is 2. The van der Waals surface area contributed by atoms with Crippen LogP contribution in [0, 0.1) is 0 Å². The number of hydrogen-bond donors (Lipinski definition) is 3. The minimum absolute atomic E-state index is 0.00192. The largest absolute Gasteiger partial charge is 0.332 e. The molecule has 0 radical (unpaired) electrons. The third-order valence-corrected chi connectivity index (χ3v) is 7.73. The molecule has 2 amide bonds. The molecule has 0 aliphatic carbocycles. The number of carbonyl (C=O) groups is 3.